The van der Waals surface area contributed by atoms with Gasteiger partial charge < -0.3 is 15.1 Å². The highest BCUT2D eigenvalue weighted by atomic mass is 16.3. The molecule has 0 aromatic carbocycles. The third-order valence-corrected chi connectivity index (χ3v) is 3.12. The second-order valence-electron chi connectivity index (χ2n) is 4.24. The van der Waals surface area contributed by atoms with Gasteiger partial charge in [0.2, 0.25) is 0 Å². The van der Waals surface area contributed by atoms with Crippen molar-refractivity contribution in [3.8, 4) is 0 Å². The molecule has 4 heteroatoms. The molecule has 2 rings (SSSR count). The van der Waals surface area contributed by atoms with Gasteiger partial charge in [0.05, 0.1) is 11.8 Å². The van der Waals surface area contributed by atoms with Crippen molar-refractivity contribution < 1.29 is 9.21 Å². The Kier molecular flexibility index (Phi) is 3.29. The highest BCUT2D eigenvalue weighted by molar-refractivity contribution is 5.95. The van der Waals surface area contributed by atoms with E-state index < -0.39 is 0 Å². The Labute approximate surface area is 95.4 Å². The highest BCUT2D eigenvalue weighted by Gasteiger charge is 2.24. The molecule has 1 aliphatic rings. The van der Waals surface area contributed by atoms with Crippen molar-refractivity contribution in [3.63, 3.8) is 0 Å². The van der Waals surface area contributed by atoms with Crippen LogP contribution in [0.1, 0.15) is 35.9 Å². The Morgan fingerprint density at radius 3 is 2.88 bits per heavy atom. The van der Waals surface area contributed by atoms with E-state index in [9.17, 15) is 4.79 Å². The first-order valence-electron chi connectivity index (χ1n) is 5.83. The molecule has 16 heavy (non-hydrogen) atoms. The van der Waals surface area contributed by atoms with Gasteiger partial charge in [-0.2, -0.15) is 0 Å². The zero-order valence-corrected chi connectivity index (χ0v) is 9.61. The highest BCUT2D eigenvalue weighted by Crippen LogP contribution is 2.17. The summed E-state index contributed by atoms with van der Waals surface area (Å²) in [5.41, 5.74) is 6.52. The van der Waals surface area contributed by atoms with Crippen LogP contribution < -0.4 is 5.73 Å². The predicted octanol–water partition coefficient (Wildman–Crippen LogP) is 1.41. The van der Waals surface area contributed by atoms with Crippen LogP contribution in [-0.4, -0.2) is 29.9 Å². The van der Waals surface area contributed by atoms with Crippen molar-refractivity contribution in [2.45, 2.75) is 32.2 Å². The second kappa shape index (κ2) is 4.70. The van der Waals surface area contributed by atoms with Gasteiger partial charge in [-0.05, 0) is 18.9 Å². The molecule has 4 nitrogen and oxygen atoms in total. The Morgan fingerprint density at radius 2 is 2.25 bits per heavy atom. The fraction of sp³-hybridized carbons (Fsp3) is 0.583. The number of amides is 1. The summed E-state index contributed by atoms with van der Waals surface area (Å²) >= 11 is 0. The molecule has 1 aromatic heterocycles. The van der Waals surface area contributed by atoms with Crippen molar-refractivity contribution >= 4 is 5.91 Å². The number of carbonyl (C=O) groups excluding carboxylic acids is 1. The van der Waals surface area contributed by atoms with E-state index in [-0.39, 0.29) is 11.9 Å². The molecule has 1 fully saturated rings. The van der Waals surface area contributed by atoms with Gasteiger partial charge >= 0.3 is 0 Å². The third kappa shape index (κ3) is 2.11. The SMILES string of the molecule is CCc1occc1C(=O)N1CCC(N)CC1. The van der Waals surface area contributed by atoms with Crippen molar-refractivity contribution in [1.29, 1.82) is 0 Å². The summed E-state index contributed by atoms with van der Waals surface area (Å²) in [6.45, 7) is 3.50. The van der Waals surface area contributed by atoms with Crippen molar-refractivity contribution in [2.24, 2.45) is 5.73 Å². The number of hydrogen-bond acceptors (Lipinski definition) is 3. The monoisotopic (exact) mass is 222 g/mol. The van der Waals surface area contributed by atoms with Gasteiger partial charge in [0, 0.05) is 25.6 Å². The summed E-state index contributed by atoms with van der Waals surface area (Å²) < 4.78 is 5.27. The number of nitrogens with zero attached hydrogens (tertiary/aromatic N) is 1. The molecule has 0 spiro atoms. The lowest BCUT2D eigenvalue weighted by Gasteiger charge is -2.30. The van der Waals surface area contributed by atoms with E-state index in [4.69, 9.17) is 10.2 Å². The number of furan rings is 1. The normalized spacial score (nSPS) is 17.8. The van der Waals surface area contributed by atoms with Crippen molar-refractivity contribution in [1.82, 2.24) is 4.90 Å². The molecule has 0 aliphatic carbocycles. The van der Waals surface area contributed by atoms with Gasteiger partial charge in [-0.1, -0.05) is 6.92 Å². The molecule has 2 N–H and O–H groups in total. The molecule has 0 bridgehead atoms. The maximum absolute atomic E-state index is 12.2. The fourth-order valence-corrected chi connectivity index (χ4v) is 2.08. The topological polar surface area (TPSA) is 59.5 Å². The van der Waals surface area contributed by atoms with Gasteiger partial charge in [-0.25, -0.2) is 0 Å². The van der Waals surface area contributed by atoms with E-state index in [1.54, 1.807) is 12.3 Å². The van der Waals surface area contributed by atoms with E-state index in [1.165, 1.54) is 0 Å². The standard InChI is InChI=1S/C12H18N2O2/c1-2-11-10(5-8-16-11)12(15)14-6-3-9(13)4-7-14/h5,8-9H,2-4,6-7,13H2,1H3. The van der Waals surface area contributed by atoms with Crippen LogP contribution >= 0.6 is 0 Å². The maximum atomic E-state index is 12.2. The molecule has 1 aromatic rings. The first-order valence-corrected chi connectivity index (χ1v) is 5.83. The summed E-state index contributed by atoms with van der Waals surface area (Å²) in [4.78, 5) is 14.0. The largest absolute Gasteiger partial charge is 0.469 e. The molecule has 0 unspecified atom stereocenters. The van der Waals surface area contributed by atoms with E-state index in [2.05, 4.69) is 0 Å². The molecule has 1 amide bonds. The lowest BCUT2D eigenvalue weighted by Crippen LogP contribution is -2.42. The van der Waals surface area contributed by atoms with Crippen LogP contribution in [0.4, 0.5) is 0 Å². The number of piperidine rings is 1. The van der Waals surface area contributed by atoms with Crippen LogP contribution in [0.3, 0.4) is 0 Å². The van der Waals surface area contributed by atoms with E-state index in [0.29, 0.717) is 5.56 Å². The number of hydrogen-bond donors (Lipinski definition) is 1. The van der Waals surface area contributed by atoms with E-state index >= 15 is 0 Å². The van der Waals surface area contributed by atoms with Gasteiger partial charge in [0.1, 0.15) is 5.76 Å². The van der Waals surface area contributed by atoms with Crippen LogP contribution in [0, 0.1) is 0 Å². The van der Waals surface area contributed by atoms with E-state index in [1.807, 2.05) is 11.8 Å². The summed E-state index contributed by atoms with van der Waals surface area (Å²) in [5, 5.41) is 0. The Balaban J connectivity index is 2.07. The summed E-state index contributed by atoms with van der Waals surface area (Å²) in [5.74, 6) is 0.859. The smallest absolute Gasteiger partial charge is 0.257 e. The quantitative estimate of drug-likeness (QED) is 0.823. The third-order valence-electron chi connectivity index (χ3n) is 3.12. The Bertz CT molecular complexity index is 365. The van der Waals surface area contributed by atoms with Gasteiger partial charge in [0.25, 0.3) is 5.91 Å². The van der Waals surface area contributed by atoms with Crippen LogP contribution in [0.5, 0.6) is 0 Å². The summed E-state index contributed by atoms with van der Waals surface area (Å²) in [7, 11) is 0. The van der Waals surface area contributed by atoms with Crippen LogP contribution in [0.25, 0.3) is 0 Å². The number of aryl methyl sites for hydroxylation is 1. The minimum atomic E-state index is 0.0810. The van der Waals surface area contributed by atoms with Gasteiger partial charge in [-0.15, -0.1) is 0 Å². The molecule has 2 heterocycles. The van der Waals surface area contributed by atoms with Crippen LogP contribution in [0.2, 0.25) is 0 Å². The van der Waals surface area contributed by atoms with E-state index in [0.717, 1.165) is 38.1 Å². The molecule has 0 saturated carbocycles. The Hall–Kier alpha value is -1.29. The van der Waals surface area contributed by atoms with Crippen LogP contribution in [0.15, 0.2) is 16.7 Å². The molecule has 0 radical (unpaired) electrons. The lowest BCUT2D eigenvalue weighted by molar-refractivity contribution is 0.0712. The molecule has 1 aliphatic heterocycles. The molecule has 0 atom stereocenters. The fourth-order valence-electron chi connectivity index (χ4n) is 2.08. The molecule has 1 saturated heterocycles. The Morgan fingerprint density at radius 1 is 1.56 bits per heavy atom. The van der Waals surface area contributed by atoms with Crippen LogP contribution in [-0.2, 0) is 6.42 Å². The number of nitrogens with two attached hydrogens (primary N) is 1. The predicted molar refractivity (Wildman–Crippen MR) is 61.2 cm³/mol. The summed E-state index contributed by atoms with van der Waals surface area (Å²) in [6, 6.07) is 2.01. The maximum Gasteiger partial charge on any atom is 0.257 e. The van der Waals surface area contributed by atoms with Crippen molar-refractivity contribution in [3.05, 3.63) is 23.7 Å². The number of carbonyl (C=O) groups is 1. The number of likely N-dealkylation sites (tertiary alicyclic amines) is 1. The zero-order valence-electron chi connectivity index (χ0n) is 9.61. The van der Waals surface area contributed by atoms with Gasteiger partial charge in [-0.3, -0.25) is 4.79 Å². The minimum absolute atomic E-state index is 0.0810. The average Bonchev–Trinajstić information content (AvgIpc) is 2.77. The minimum Gasteiger partial charge on any atom is -0.469 e. The average molecular weight is 222 g/mol. The molecule has 88 valence electrons. The first kappa shape index (κ1) is 11.2. The number of rotatable bonds is 2. The zero-order chi connectivity index (χ0) is 11.5. The lowest BCUT2D eigenvalue weighted by atomic mass is 10.0. The summed E-state index contributed by atoms with van der Waals surface area (Å²) in [6.07, 6.45) is 4.12. The van der Waals surface area contributed by atoms with Gasteiger partial charge in [0.15, 0.2) is 0 Å². The van der Waals surface area contributed by atoms with Crippen molar-refractivity contribution in [2.75, 3.05) is 13.1 Å². The molecular formula is C12H18N2O2. The molecular weight excluding hydrogens is 204 g/mol. The first-order chi connectivity index (χ1) is 7.72. The second-order valence-corrected chi connectivity index (χ2v) is 4.24.